The van der Waals surface area contributed by atoms with Crippen LogP contribution in [0.3, 0.4) is 0 Å². The molecule has 0 fully saturated rings. The molecule has 2 aromatic carbocycles. The van der Waals surface area contributed by atoms with Gasteiger partial charge in [-0.1, -0.05) is 43.3 Å². The van der Waals surface area contributed by atoms with Crippen molar-refractivity contribution in [2.45, 2.75) is 19.8 Å². The highest BCUT2D eigenvalue weighted by Gasteiger charge is 2.26. The summed E-state index contributed by atoms with van der Waals surface area (Å²) in [6.45, 7) is 2.12. The van der Waals surface area contributed by atoms with Crippen LogP contribution in [0, 0.1) is 0 Å². The molecule has 3 rings (SSSR count). The maximum Gasteiger partial charge on any atom is 0.189 e. The second-order valence-corrected chi connectivity index (χ2v) is 5.07. The average molecular weight is 264 g/mol. The summed E-state index contributed by atoms with van der Waals surface area (Å²) in [5.41, 5.74) is 4.42. The number of benzene rings is 2. The van der Waals surface area contributed by atoms with E-state index in [2.05, 4.69) is 19.1 Å². The Balaban J connectivity index is 1.95. The Hall–Kier alpha value is -2.35. The molecule has 20 heavy (non-hydrogen) atoms. The molecule has 0 spiro atoms. The molecule has 0 unspecified atom stereocenters. The molecule has 2 heteroatoms. The van der Waals surface area contributed by atoms with Crippen LogP contribution in [0.1, 0.15) is 34.0 Å². The smallest absolute Gasteiger partial charge is 0.189 e. The topological polar surface area (TPSA) is 37.3 Å². The van der Waals surface area contributed by atoms with E-state index in [1.807, 2.05) is 18.2 Å². The zero-order valence-corrected chi connectivity index (χ0v) is 11.4. The van der Waals surface area contributed by atoms with Crippen LogP contribution in [-0.2, 0) is 12.8 Å². The average Bonchev–Trinajstić information content (AvgIpc) is 2.79. The summed E-state index contributed by atoms with van der Waals surface area (Å²) in [4.78, 5) is 12.3. The van der Waals surface area contributed by atoms with Crippen molar-refractivity contribution in [3.8, 4) is 5.75 Å². The van der Waals surface area contributed by atoms with E-state index in [9.17, 15) is 9.90 Å². The molecule has 0 amide bonds. The zero-order chi connectivity index (χ0) is 14.1. The van der Waals surface area contributed by atoms with Crippen molar-refractivity contribution in [2.24, 2.45) is 0 Å². The fourth-order valence-corrected chi connectivity index (χ4v) is 2.58. The molecule has 0 saturated carbocycles. The van der Waals surface area contributed by atoms with E-state index in [4.69, 9.17) is 0 Å². The number of carbonyl (C=O) groups is 1. The van der Waals surface area contributed by atoms with Crippen LogP contribution in [0.15, 0.2) is 48.0 Å². The highest BCUT2D eigenvalue weighted by Crippen LogP contribution is 2.33. The molecule has 0 radical (unpaired) electrons. The number of aromatic hydroxyl groups is 1. The molecule has 0 aliphatic heterocycles. The van der Waals surface area contributed by atoms with Gasteiger partial charge in [0.15, 0.2) is 5.78 Å². The van der Waals surface area contributed by atoms with Crippen molar-refractivity contribution in [3.63, 3.8) is 0 Å². The van der Waals surface area contributed by atoms with E-state index in [0.29, 0.717) is 12.0 Å². The molecule has 1 aliphatic carbocycles. The lowest BCUT2D eigenvalue weighted by Crippen LogP contribution is -1.95. The van der Waals surface area contributed by atoms with Gasteiger partial charge in [-0.25, -0.2) is 0 Å². The summed E-state index contributed by atoms with van der Waals surface area (Å²) in [6.07, 6.45) is 3.44. The van der Waals surface area contributed by atoms with Gasteiger partial charge in [-0.05, 0) is 29.7 Å². The Labute approximate surface area is 118 Å². The van der Waals surface area contributed by atoms with Crippen molar-refractivity contribution in [1.82, 2.24) is 0 Å². The highest BCUT2D eigenvalue weighted by atomic mass is 16.3. The Morgan fingerprint density at radius 1 is 1.15 bits per heavy atom. The van der Waals surface area contributed by atoms with Crippen molar-refractivity contribution in [2.75, 3.05) is 0 Å². The monoisotopic (exact) mass is 264 g/mol. The Bertz CT molecular complexity index is 694. The fourth-order valence-electron chi connectivity index (χ4n) is 2.58. The molecule has 2 nitrogen and oxygen atoms in total. The summed E-state index contributed by atoms with van der Waals surface area (Å²) < 4.78 is 0. The van der Waals surface area contributed by atoms with E-state index in [0.717, 1.165) is 23.1 Å². The lowest BCUT2D eigenvalue weighted by atomic mass is 10.1. The molecule has 2 aromatic rings. The largest absolute Gasteiger partial charge is 0.508 e. The van der Waals surface area contributed by atoms with Gasteiger partial charge in [0.05, 0.1) is 0 Å². The van der Waals surface area contributed by atoms with Crippen molar-refractivity contribution < 1.29 is 9.90 Å². The minimum absolute atomic E-state index is 0.0236. The second kappa shape index (κ2) is 4.97. The molecule has 1 aliphatic rings. The number of hydrogen-bond donors (Lipinski definition) is 1. The summed E-state index contributed by atoms with van der Waals surface area (Å²) in [5, 5.41) is 9.82. The molecule has 0 aromatic heterocycles. The number of hydrogen-bond acceptors (Lipinski definition) is 2. The zero-order valence-electron chi connectivity index (χ0n) is 11.4. The van der Waals surface area contributed by atoms with Crippen LogP contribution >= 0.6 is 0 Å². The third-order valence-corrected chi connectivity index (χ3v) is 3.78. The first-order chi connectivity index (χ1) is 9.69. The summed E-state index contributed by atoms with van der Waals surface area (Å²) in [7, 11) is 0. The first-order valence-corrected chi connectivity index (χ1v) is 6.84. The maximum atomic E-state index is 12.3. The normalized spacial score (nSPS) is 15.7. The third kappa shape index (κ3) is 2.14. The highest BCUT2D eigenvalue weighted by molar-refractivity contribution is 6.16. The van der Waals surface area contributed by atoms with Gasteiger partial charge in [0.2, 0.25) is 0 Å². The molecular weight excluding hydrogens is 248 g/mol. The standard InChI is InChI=1S/C18H16O2/c1-2-12-6-8-13(9-7-12)10-14-11-16-15(18(14)20)4-3-5-17(16)19/h3-10,19H,2,11H2,1H3. The van der Waals surface area contributed by atoms with Gasteiger partial charge < -0.3 is 5.11 Å². The lowest BCUT2D eigenvalue weighted by Gasteiger charge is -1.99. The molecular formula is C18H16O2. The first-order valence-electron chi connectivity index (χ1n) is 6.84. The second-order valence-electron chi connectivity index (χ2n) is 5.07. The number of carbonyl (C=O) groups excluding carboxylic acids is 1. The summed E-state index contributed by atoms with van der Waals surface area (Å²) in [5.74, 6) is 0.232. The van der Waals surface area contributed by atoms with E-state index in [1.54, 1.807) is 18.2 Å². The molecule has 0 saturated heterocycles. The van der Waals surface area contributed by atoms with Gasteiger partial charge >= 0.3 is 0 Å². The van der Waals surface area contributed by atoms with Crippen molar-refractivity contribution in [3.05, 3.63) is 70.3 Å². The van der Waals surface area contributed by atoms with Gasteiger partial charge in [-0.3, -0.25) is 4.79 Å². The van der Waals surface area contributed by atoms with Gasteiger partial charge in [0.1, 0.15) is 5.75 Å². The van der Waals surface area contributed by atoms with Crippen LogP contribution < -0.4 is 0 Å². The molecule has 100 valence electrons. The predicted molar refractivity (Wildman–Crippen MR) is 79.9 cm³/mol. The minimum Gasteiger partial charge on any atom is -0.508 e. The Kier molecular flexibility index (Phi) is 3.15. The van der Waals surface area contributed by atoms with Crippen LogP contribution in [0.5, 0.6) is 5.75 Å². The first kappa shape index (κ1) is 12.7. The molecule has 1 N–H and O–H groups in total. The van der Waals surface area contributed by atoms with Gasteiger partial charge in [0, 0.05) is 23.1 Å². The Morgan fingerprint density at radius 3 is 2.55 bits per heavy atom. The number of allylic oxidation sites excluding steroid dienone is 1. The number of Topliss-reactive ketones (excluding diaryl/α,β-unsaturated/α-hetero) is 1. The molecule has 0 heterocycles. The summed E-state index contributed by atoms with van der Waals surface area (Å²) in [6, 6.07) is 13.3. The third-order valence-electron chi connectivity index (χ3n) is 3.78. The lowest BCUT2D eigenvalue weighted by molar-refractivity contribution is 0.104. The van der Waals surface area contributed by atoms with Crippen LogP contribution in [-0.4, -0.2) is 10.9 Å². The fraction of sp³-hybridized carbons (Fsp3) is 0.167. The number of fused-ring (bicyclic) bond motifs is 1. The maximum absolute atomic E-state index is 12.3. The van der Waals surface area contributed by atoms with Crippen molar-refractivity contribution >= 4 is 11.9 Å². The van der Waals surface area contributed by atoms with Gasteiger partial charge in [-0.2, -0.15) is 0 Å². The van der Waals surface area contributed by atoms with Crippen LogP contribution in [0.25, 0.3) is 6.08 Å². The van der Waals surface area contributed by atoms with E-state index in [1.165, 1.54) is 5.56 Å². The van der Waals surface area contributed by atoms with Crippen LogP contribution in [0.4, 0.5) is 0 Å². The van der Waals surface area contributed by atoms with E-state index >= 15 is 0 Å². The van der Waals surface area contributed by atoms with E-state index in [-0.39, 0.29) is 11.5 Å². The Morgan fingerprint density at radius 2 is 1.90 bits per heavy atom. The molecule has 0 atom stereocenters. The number of rotatable bonds is 2. The quantitative estimate of drug-likeness (QED) is 0.838. The van der Waals surface area contributed by atoms with Crippen molar-refractivity contribution in [1.29, 1.82) is 0 Å². The number of phenolic OH excluding ortho intramolecular Hbond substituents is 1. The molecule has 0 bridgehead atoms. The van der Waals surface area contributed by atoms with Crippen LogP contribution in [0.2, 0.25) is 0 Å². The van der Waals surface area contributed by atoms with Gasteiger partial charge in [0.25, 0.3) is 0 Å². The number of ketones is 1. The number of aryl methyl sites for hydroxylation is 1. The predicted octanol–water partition coefficient (Wildman–Crippen LogP) is 3.78. The van der Waals surface area contributed by atoms with E-state index < -0.39 is 0 Å². The summed E-state index contributed by atoms with van der Waals surface area (Å²) >= 11 is 0. The SMILES string of the molecule is CCc1ccc(C=C2Cc3c(O)cccc3C2=O)cc1. The number of phenols is 1. The van der Waals surface area contributed by atoms with Gasteiger partial charge in [-0.15, -0.1) is 0 Å². The minimum atomic E-state index is 0.0236.